The van der Waals surface area contributed by atoms with Crippen molar-refractivity contribution in [2.45, 2.75) is 78.1 Å². The van der Waals surface area contributed by atoms with E-state index in [2.05, 4.69) is 13.8 Å². The van der Waals surface area contributed by atoms with Crippen LogP contribution in [0.4, 0.5) is 0 Å². The molecule has 0 unspecified atom stereocenters. The molecule has 0 atom stereocenters. The number of ether oxygens (including phenoxy) is 2. The lowest BCUT2D eigenvalue weighted by molar-refractivity contribution is -0.143. The molecule has 0 saturated heterocycles. The Hall–Kier alpha value is -1.32. The third kappa shape index (κ3) is 6.63. The van der Waals surface area contributed by atoms with Gasteiger partial charge >= 0.3 is 11.9 Å². The predicted octanol–water partition coefficient (Wildman–Crippen LogP) is 4.32. The van der Waals surface area contributed by atoms with Crippen molar-refractivity contribution < 1.29 is 19.1 Å². The summed E-state index contributed by atoms with van der Waals surface area (Å²) in [5, 5.41) is 0. The number of hydrogen-bond donors (Lipinski definition) is 0. The first-order valence-corrected chi connectivity index (χ1v) is 8.77. The van der Waals surface area contributed by atoms with E-state index >= 15 is 0 Å². The Balaban J connectivity index is 2.55. The normalized spacial score (nSPS) is 14.8. The van der Waals surface area contributed by atoms with Crippen LogP contribution in [0.2, 0.25) is 0 Å². The lowest BCUT2D eigenvalue weighted by atomic mass is 9.92. The maximum atomic E-state index is 12.2. The van der Waals surface area contributed by atoms with Gasteiger partial charge in [0, 0.05) is 11.1 Å². The minimum absolute atomic E-state index is 0.323. The summed E-state index contributed by atoms with van der Waals surface area (Å²) in [5.41, 5.74) is 1.09. The first-order chi connectivity index (χ1) is 10.7. The molecular weight excluding hydrogens is 280 g/mol. The fourth-order valence-corrected chi connectivity index (χ4v) is 2.56. The van der Waals surface area contributed by atoms with Crippen LogP contribution in [-0.4, -0.2) is 25.2 Å². The van der Waals surface area contributed by atoms with Gasteiger partial charge in [0.2, 0.25) is 0 Å². The summed E-state index contributed by atoms with van der Waals surface area (Å²) in [4.78, 5) is 24.3. The van der Waals surface area contributed by atoms with Gasteiger partial charge in [-0.1, -0.05) is 39.5 Å². The van der Waals surface area contributed by atoms with E-state index < -0.39 is 0 Å². The summed E-state index contributed by atoms with van der Waals surface area (Å²) in [6.07, 6.45) is 9.19. The van der Waals surface area contributed by atoms with Crippen LogP contribution in [0.25, 0.3) is 0 Å². The number of hydrogen-bond acceptors (Lipinski definition) is 4. The van der Waals surface area contributed by atoms with Gasteiger partial charge in [-0.3, -0.25) is 0 Å². The van der Waals surface area contributed by atoms with Crippen molar-refractivity contribution in [3.63, 3.8) is 0 Å². The van der Waals surface area contributed by atoms with Crippen LogP contribution in [0.5, 0.6) is 0 Å². The predicted molar refractivity (Wildman–Crippen MR) is 86.5 cm³/mol. The number of carbonyl (C=O) groups excluding carboxylic acids is 2. The molecule has 0 aromatic carbocycles. The molecule has 4 heteroatoms. The average molecular weight is 310 g/mol. The van der Waals surface area contributed by atoms with Gasteiger partial charge < -0.3 is 9.47 Å². The fraction of sp³-hybridized carbons (Fsp3) is 0.778. The monoisotopic (exact) mass is 310 g/mol. The fourth-order valence-electron chi connectivity index (χ4n) is 2.56. The summed E-state index contributed by atoms with van der Waals surface area (Å²) in [6, 6.07) is 0. The molecule has 1 aliphatic carbocycles. The summed E-state index contributed by atoms with van der Waals surface area (Å²) in [7, 11) is 0. The minimum atomic E-state index is -0.323. The maximum absolute atomic E-state index is 12.2. The molecule has 1 rings (SSSR count). The van der Waals surface area contributed by atoms with E-state index in [9.17, 15) is 9.59 Å². The number of rotatable bonds is 10. The number of esters is 2. The van der Waals surface area contributed by atoms with E-state index in [-0.39, 0.29) is 11.9 Å². The highest BCUT2D eigenvalue weighted by atomic mass is 16.5. The van der Waals surface area contributed by atoms with Crippen molar-refractivity contribution in [3.8, 4) is 0 Å². The van der Waals surface area contributed by atoms with Crippen LogP contribution in [0, 0.1) is 0 Å². The highest BCUT2D eigenvalue weighted by Gasteiger charge is 2.25. The molecule has 0 aromatic rings. The van der Waals surface area contributed by atoms with Crippen LogP contribution in [0.15, 0.2) is 11.1 Å². The molecule has 22 heavy (non-hydrogen) atoms. The molecule has 0 aromatic heterocycles. The summed E-state index contributed by atoms with van der Waals surface area (Å²) < 4.78 is 10.6. The van der Waals surface area contributed by atoms with Crippen LogP contribution in [0.3, 0.4) is 0 Å². The molecular formula is C18H30O4. The Morgan fingerprint density at radius 1 is 0.773 bits per heavy atom. The van der Waals surface area contributed by atoms with Gasteiger partial charge in [0.15, 0.2) is 0 Å². The molecule has 126 valence electrons. The van der Waals surface area contributed by atoms with Gasteiger partial charge in [0.25, 0.3) is 0 Å². The van der Waals surface area contributed by atoms with Crippen LogP contribution >= 0.6 is 0 Å². The van der Waals surface area contributed by atoms with Crippen molar-refractivity contribution in [3.05, 3.63) is 11.1 Å². The third-order valence-corrected chi connectivity index (χ3v) is 3.92. The topological polar surface area (TPSA) is 52.6 Å². The van der Waals surface area contributed by atoms with E-state index in [1.807, 2.05) is 0 Å². The molecule has 0 heterocycles. The second-order valence-electron chi connectivity index (χ2n) is 5.85. The molecule has 0 radical (unpaired) electrons. The highest BCUT2D eigenvalue weighted by Crippen LogP contribution is 2.27. The molecule has 0 aliphatic heterocycles. The first-order valence-electron chi connectivity index (χ1n) is 8.77. The SMILES string of the molecule is CCCCCOC(=O)C1=C(C(=O)OCCCCC)CCCC1. The number of carbonyl (C=O) groups is 2. The van der Waals surface area contributed by atoms with Crippen LogP contribution in [-0.2, 0) is 19.1 Å². The Kier molecular flexibility index (Phi) is 9.60. The highest BCUT2D eigenvalue weighted by molar-refractivity contribution is 6.00. The van der Waals surface area contributed by atoms with Crippen LogP contribution in [0.1, 0.15) is 78.1 Å². The van der Waals surface area contributed by atoms with Crippen molar-refractivity contribution in [2.75, 3.05) is 13.2 Å². The molecule has 0 spiro atoms. The molecule has 1 aliphatic rings. The smallest absolute Gasteiger partial charge is 0.334 e. The quantitative estimate of drug-likeness (QED) is 0.445. The molecule has 0 amide bonds. The Morgan fingerprint density at radius 2 is 1.18 bits per heavy atom. The average Bonchev–Trinajstić information content (AvgIpc) is 2.55. The molecule has 0 bridgehead atoms. The molecule has 0 fully saturated rings. The molecule has 0 saturated carbocycles. The maximum Gasteiger partial charge on any atom is 0.334 e. The Bertz CT molecular complexity index is 349. The largest absolute Gasteiger partial charge is 0.462 e. The zero-order valence-corrected chi connectivity index (χ0v) is 14.1. The van der Waals surface area contributed by atoms with Crippen molar-refractivity contribution in [2.24, 2.45) is 0 Å². The Morgan fingerprint density at radius 3 is 1.55 bits per heavy atom. The van der Waals surface area contributed by atoms with Crippen molar-refractivity contribution in [1.29, 1.82) is 0 Å². The van der Waals surface area contributed by atoms with Gasteiger partial charge in [-0.25, -0.2) is 9.59 Å². The summed E-state index contributed by atoms with van der Waals surface area (Å²) >= 11 is 0. The van der Waals surface area contributed by atoms with Gasteiger partial charge in [0.1, 0.15) is 0 Å². The summed E-state index contributed by atoms with van der Waals surface area (Å²) in [6.45, 7) is 5.10. The second-order valence-corrected chi connectivity index (χ2v) is 5.85. The number of unbranched alkanes of at least 4 members (excludes halogenated alkanes) is 4. The lowest BCUT2D eigenvalue weighted by Gasteiger charge is -2.18. The van der Waals surface area contributed by atoms with Crippen LogP contribution < -0.4 is 0 Å². The van der Waals surface area contributed by atoms with Gasteiger partial charge in [0.05, 0.1) is 13.2 Å². The minimum Gasteiger partial charge on any atom is -0.462 e. The van der Waals surface area contributed by atoms with E-state index in [1.165, 1.54) is 0 Å². The zero-order chi connectivity index (χ0) is 16.2. The lowest BCUT2D eigenvalue weighted by Crippen LogP contribution is -2.20. The van der Waals surface area contributed by atoms with E-state index in [1.54, 1.807) is 0 Å². The van der Waals surface area contributed by atoms with E-state index in [4.69, 9.17) is 9.47 Å². The Labute approximate surface area is 134 Å². The third-order valence-electron chi connectivity index (χ3n) is 3.92. The molecule has 4 nitrogen and oxygen atoms in total. The second kappa shape index (κ2) is 11.3. The van der Waals surface area contributed by atoms with Gasteiger partial charge in [-0.05, 0) is 38.5 Å². The van der Waals surface area contributed by atoms with E-state index in [0.29, 0.717) is 37.2 Å². The van der Waals surface area contributed by atoms with Crippen molar-refractivity contribution in [1.82, 2.24) is 0 Å². The summed E-state index contributed by atoms with van der Waals surface area (Å²) in [5.74, 6) is -0.646. The van der Waals surface area contributed by atoms with E-state index in [0.717, 1.165) is 51.4 Å². The zero-order valence-electron chi connectivity index (χ0n) is 14.1. The standard InChI is InChI=1S/C18H30O4/c1-3-5-9-13-21-17(19)15-11-7-8-12-16(15)18(20)22-14-10-6-4-2/h3-14H2,1-2H3. The van der Waals surface area contributed by atoms with Gasteiger partial charge in [-0.15, -0.1) is 0 Å². The first kappa shape index (κ1) is 18.7. The van der Waals surface area contributed by atoms with Crippen molar-refractivity contribution >= 4 is 11.9 Å². The van der Waals surface area contributed by atoms with Gasteiger partial charge in [-0.2, -0.15) is 0 Å². The molecule has 0 N–H and O–H groups in total.